The third-order valence-corrected chi connectivity index (χ3v) is 14.5. The van der Waals surface area contributed by atoms with Crippen LogP contribution in [0.25, 0.3) is 32.3 Å². The first kappa shape index (κ1) is 42.8. The maximum Gasteiger partial charge on any atom is 0.0340 e. The largest absolute Gasteiger partial charge is 0.0622 e. The molecule has 0 bridgehead atoms. The number of fused-ring (bicyclic) bond motifs is 3. The Hall–Kier alpha value is -8.58. The fourth-order valence-electron chi connectivity index (χ4n) is 11.1. The van der Waals surface area contributed by atoms with Gasteiger partial charge in [-0.05, 0) is 99.1 Å². The molecule has 0 heterocycles. The van der Waals surface area contributed by atoms with Crippen molar-refractivity contribution in [3.63, 3.8) is 0 Å². The summed E-state index contributed by atoms with van der Waals surface area (Å²) < 4.78 is 0. The van der Waals surface area contributed by atoms with Crippen LogP contribution in [0.5, 0.6) is 0 Å². The summed E-state index contributed by atoms with van der Waals surface area (Å²) in [5.74, 6) is 0.269. The van der Waals surface area contributed by atoms with Crippen LogP contribution in [0, 0.1) is 0 Å². The highest BCUT2D eigenvalue weighted by atomic mass is 14.3. The van der Waals surface area contributed by atoms with Gasteiger partial charge in [-0.15, -0.1) is 0 Å². The molecule has 12 rings (SSSR count). The number of hydrogen-bond acceptors (Lipinski definition) is 0. The van der Waals surface area contributed by atoms with Gasteiger partial charge in [-0.25, -0.2) is 0 Å². The van der Waals surface area contributed by atoms with Crippen LogP contribution < -0.4 is 0 Å². The quantitative estimate of drug-likeness (QED) is 0.107. The van der Waals surface area contributed by atoms with Gasteiger partial charge in [0.05, 0.1) is 0 Å². The van der Waals surface area contributed by atoms with Gasteiger partial charge in [0.25, 0.3) is 0 Å². The second-order valence-electron chi connectivity index (χ2n) is 18.8. The molecule has 0 aliphatic heterocycles. The Bertz CT molecular complexity index is 3290. The van der Waals surface area contributed by atoms with E-state index in [1.54, 1.807) is 0 Å². The molecule has 0 aromatic heterocycles. The van der Waals surface area contributed by atoms with E-state index in [9.17, 15) is 0 Å². The molecule has 0 fully saturated rings. The minimum Gasteiger partial charge on any atom is -0.0622 e. The summed E-state index contributed by atoms with van der Waals surface area (Å²) in [4.78, 5) is 0. The predicted octanol–water partition coefficient (Wildman–Crippen LogP) is 17.9. The molecule has 332 valence electrons. The topological polar surface area (TPSA) is 0 Å². The van der Waals surface area contributed by atoms with E-state index in [0.717, 1.165) is 0 Å². The van der Waals surface area contributed by atoms with E-state index in [1.807, 2.05) is 0 Å². The lowest BCUT2D eigenvalue weighted by atomic mass is 9.79. The van der Waals surface area contributed by atoms with E-state index in [-0.39, 0.29) is 23.7 Å². The fraction of sp³-hybridized carbons (Fsp3) is 0.0571. The van der Waals surface area contributed by atoms with E-state index >= 15 is 0 Å². The molecule has 70 heavy (non-hydrogen) atoms. The summed E-state index contributed by atoms with van der Waals surface area (Å²) in [5.41, 5.74) is 15.3. The van der Waals surface area contributed by atoms with Crippen molar-refractivity contribution in [2.75, 3.05) is 0 Å². The summed E-state index contributed by atoms with van der Waals surface area (Å²) in [7, 11) is 0. The van der Waals surface area contributed by atoms with Crippen LogP contribution in [-0.2, 0) is 0 Å². The van der Waals surface area contributed by atoms with Gasteiger partial charge in [-0.1, -0.05) is 291 Å². The van der Waals surface area contributed by atoms with Crippen LogP contribution >= 0.6 is 0 Å². The zero-order valence-corrected chi connectivity index (χ0v) is 39.0. The highest BCUT2D eigenvalue weighted by molar-refractivity contribution is 5.85. The van der Waals surface area contributed by atoms with Crippen molar-refractivity contribution in [2.45, 2.75) is 23.7 Å². The second kappa shape index (κ2) is 19.2. The Morgan fingerprint density at radius 2 is 0.300 bits per heavy atom. The Balaban J connectivity index is 0.961. The van der Waals surface area contributed by atoms with Gasteiger partial charge in [0.15, 0.2) is 0 Å². The van der Waals surface area contributed by atoms with E-state index in [2.05, 4.69) is 291 Å². The van der Waals surface area contributed by atoms with Crippen molar-refractivity contribution in [3.05, 3.63) is 358 Å². The lowest BCUT2D eigenvalue weighted by molar-refractivity contribution is 0.935. The summed E-state index contributed by atoms with van der Waals surface area (Å²) >= 11 is 0. The molecule has 12 aromatic rings. The predicted molar refractivity (Wildman–Crippen MR) is 294 cm³/mol. The smallest absolute Gasteiger partial charge is 0.0340 e. The Kier molecular flexibility index (Phi) is 11.7. The zero-order chi connectivity index (χ0) is 46.6. The van der Waals surface area contributed by atoms with Crippen molar-refractivity contribution in [1.82, 2.24) is 0 Å². The first-order valence-corrected chi connectivity index (χ1v) is 24.6. The molecule has 0 amide bonds. The molecule has 3 unspecified atom stereocenters. The van der Waals surface area contributed by atoms with Crippen LogP contribution in [0.1, 0.15) is 90.4 Å². The molecule has 3 atom stereocenters. The van der Waals surface area contributed by atoms with Crippen molar-refractivity contribution < 1.29 is 0 Å². The Morgan fingerprint density at radius 1 is 0.129 bits per heavy atom. The maximum atomic E-state index is 2.38. The summed E-state index contributed by atoms with van der Waals surface area (Å²) in [6.45, 7) is 0. The molecular formula is C70H52. The Labute approximate surface area is 411 Å². The Morgan fingerprint density at radius 3 is 0.543 bits per heavy atom. The first-order valence-electron chi connectivity index (χ1n) is 24.6. The van der Waals surface area contributed by atoms with Gasteiger partial charge in [-0.3, -0.25) is 0 Å². The standard InChI is InChI=1S/C70H52/c1-4-19-52(20-5-1)68(64-43-28-49-16-10-13-25-61(49)46-64)58-37-31-55(32-38-58)67(56-33-39-59(40-34-56)69(53-21-6-2-7-22-53)65-44-29-50-17-11-14-26-62(50)47-65)57-35-41-60(42-36-57)70(54-23-8-3-9-24-54)66-45-30-51-18-12-15-27-63(51)48-66/h1-48,67-70H. The molecule has 0 saturated carbocycles. The minimum absolute atomic E-state index is 0.000294. The summed E-state index contributed by atoms with van der Waals surface area (Å²) in [6, 6.07) is 108. The lowest BCUT2D eigenvalue weighted by Gasteiger charge is -2.24. The highest BCUT2D eigenvalue weighted by Crippen LogP contribution is 2.41. The summed E-state index contributed by atoms with van der Waals surface area (Å²) in [6.07, 6.45) is 0. The molecule has 0 aliphatic carbocycles. The third kappa shape index (κ3) is 8.62. The molecule has 0 radical (unpaired) electrons. The van der Waals surface area contributed by atoms with Gasteiger partial charge in [-0.2, -0.15) is 0 Å². The number of hydrogen-bond donors (Lipinski definition) is 0. The van der Waals surface area contributed by atoms with Crippen LogP contribution in [-0.4, -0.2) is 0 Å². The molecule has 12 aromatic carbocycles. The van der Waals surface area contributed by atoms with Crippen molar-refractivity contribution in [3.8, 4) is 0 Å². The van der Waals surface area contributed by atoms with Crippen molar-refractivity contribution in [2.24, 2.45) is 0 Å². The van der Waals surface area contributed by atoms with E-state index in [1.165, 1.54) is 99.1 Å². The van der Waals surface area contributed by atoms with Crippen LogP contribution in [0.3, 0.4) is 0 Å². The SMILES string of the molecule is c1ccc(C(c2ccc(C(c3ccc(C(c4ccccc4)c4ccc5ccccc5c4)cc3)c3ccc(C(c4ccccc4)c4ccc5ccccc5c4)cc3)cc2)c2ccc3ccccc3c2)cc1. The van der Waals surface area contributed by atoms with E-state index in [4.69, 9.17) is 0 Å². The van der Waals surface area contributed by atoms with Gasteiger partial charge in [0, 0.05) is 23.7 Å². The minimum atomic E-state index is -0.000294. The third-order valence-electron chi connectivity index (χ3n) is 14.5. The molecule has 0 spiro atoms. The average molecular weight is 893 g/mol. The van der Waals surface area contributed by atoms with Crippen LogP contribution in [0.2, 0.25) is 0 Å². The van der Waals surface area contributed by atoms with E-state index in [0.29, 0.717) is 0 Å². The van der Waals surface area contributed by atoms with Gasteiger partial charge in [0.1, 0.15) is 0 Å². The summed E-state index contributed by atoms with van der Waals surface area (Å²) in [5, 5.41) is 7.55. The van der Waals surface area contributed by atoms with Crippen LogP contribution in [0.4, 0.5) is 0 Å². The average Bonchev–Trinajstić information content (AvgIpc) is 3.43. The fourth-order valence-corrected chi connectivity index (χ4v) is 11.1. The monoisotopic (exact) mass is 892 g/mol. The van der Waals surface area contributed by atoms with Gasteiger partial charge >= 0.3 is 0 Å². The zero-order valence-electron chi connectivity index (χ0n) is 39.0. The second-order valence-corrected chi connectivity index (χ2v) is 18.8. The molecule has 0 saturated heterocycles. The number of rotatable bonds is 12. The number of benzene rings is 12. The normalized spacial score (nSPS) is 13.2. The highest BCUT2D eigenvalue weighted by Gasteiger charge is 2.24. The van der Waals surface area contributed by atoms with Crippen molar-refractivity contribution >= 4 is 32.3 Å². The molecule has 0 heteroatoms. The molecule has 0 N–H and O–H groups in total. The van der Waals surface area contributed by atoms with Crippen molar-refractivity contribution in [1.29, 1.82) is 0 Å². The molecule has 0 nitrogen and oxygen atoms in total. The lowest BCUT2D eigenvalue weighted by Crippen LogP contribution is -2.08. The van der Waals surface area contributed by atoms with E-state index < -0.39 is 0 Å². The van der Waals surface area contributed by atoms with Gasteiger partial charge < -0.3 is 0 Å². The van der Waals surface area contributed by atoms with Gasteiger partial charge in [0.2, 0.25) is 0 Å². The molecule has 0 aliphatic rings. The maximum absolute atomic E-state index is 2.38. The molecular weight excluding hydrogens is 841 g/mol. The first-order chi connectivity index (χ1) is 34.7. The van der Waals surface area contributed by atoms with Crippen LogP contribution in [0.15, 0.2) is 291 Å².